The number of ether oxygens (including phenoxy) is 3. The Morgan fingerprint density at radius 1 is 1.19 bits per heavy atom. The Kier molecular flexibility index (Phi) is 16.2. The van der Waals surface area contributed by atoms with Gasteiger partial charge in [0.05, 0.1) is 20.3 Å². The van der Waals surface area contributed by atoms with Crippen molar-refractivity contribution < 1.29 is 33.7 Å². The average molecular weight is 366 g/mol. The first kappa shape index (κ1) is 25.2. The van der Waals surface area contributed by atoms with Gasteiger partial charge in [0.2, 0.25) is 0 Å². The van der Waals surface area contributed by atoms with Crippen LogP contribution in [0.3, 0.4) is 0 Å². The normalized spacial score (nSPS) is 8.42. The zero-order valence-electron chi connectivity index (χ0n) is 15.4. The third-order valence-electron chi connectivity index (χ3n) is 2.41. The van der Waals surface area contributed by atoms with Crippen LogP contribution in [0.15, 0.2) is 55.1 Å². The van der Waals surface area contributed by atoms with Crippen LogP contribution in [0.2, 0.25) is 0 Å². The molecule has 1 aromatic rings. The van der Waals surface area contributed by atoms with E-state index in [4.69, 9.17) is 9.84 Å². The van der Waals surface area contributed by atoms with Gasteiger partial charge in [0.15, 0.2) is 0 Å². The van der Waals surface area contributed by atoms with Crippen molar-refractivity contribution in [1.29, 1.82) is 0 Å². The van der Waals surface area contributed by atoms with E-state index in [1.54, 1.807) is 6.92 Å². The van der Waals surface area contributed by atoms with Gasteiger partial charge in [-0.25, -0.2) is 9.59 Å². The second-order valence-corrected chi connectivity index (χ2v) is 4.47. The first-order valence-electron chi connectivity index (χ1n) is 7.71. The van der Waals surface area contributed by atoms with E-state index in [1.165, 1.54) is 14.0 Å². The van der Waals surface area contributed by atoms with E-state index in [9.17, 15) is 14.4 Å². The third-order valence-corrected chi connectivity index (χ3v) is 2.41. The number of hydrogen-bond donors (Lipinski definition) is 1. The molecule has 0 amide bonds. The molecule has 1 aromatic carbocycles. The van der Waals surface area contributed by atoms with Crippen LogP contribution < -0.4 is 4.74 Å². The number of carboxylic acids is 1. The molecule has 7 nitrogen and oxygen atoms in total. The van der Waals surface area contributed by atoms with Crippen molar-refractivity contribution in [1.82, 2.24) is 0 Å². The Hall–Kier alpha value is -3.09. The molecular weight excluding hydrogens is 340 g/mol. The van der Waals surface area contributed by atoms with Crippen LogP contribution in [-0.2, 0) is 23.9 Å². The molecule has 0 saturated heterocycles. The standard InChI is InChI=1S/C12H14O3.C4H8O2.C3H4O2/c1-10(12(13)14-2)8-9-15-11-6-4-3-5-7-11;1-3-6-4(2)5;1-2-3(4)5/h3-7H,1,8-9H2,2H3;3H2,1-2H3;2H,1H2,(H,4,5). The maximum Gasteiger partial charge on any atom is 0.333 e. The van der Waals surface area contributed by atoms with E-state index >= 15 is 0 Å². The maximum absolute atomic E-state index is 11.0. The van der Waals surface area contributed by atoms with E-state index in [-0.39, 0.29) is 11.9 Å². The Balaban J connectivity index is 0. The van der Waals surface area contributed by atoms with Crippen LogP contribution in [0.5, 0.6) is 5.75 Å². The molecule has 1 rings (SSSR count). The monoisotopic (exact) mass is 366 g/mol. The van der Waals surface area contributed by atoms with E-state index in [0.717, 1.165) is 11.8 Å². The van der Waals surface area contributed by atoms with Crippen molar-refractivity contribution in [3.8, 4) is 5.75 Å². The molecule has 1 N–H and O–H groups in total. The smallest absolute Gasteiger partial charge is 0.333 e. The summed E-state index contributed by atoms with van der Waals surface area (Å²) in [5, 5.41) is 7.60. The highest BCUT2D eigenvalue weighted by Crippen LogP contribution is 2.10. The SMILES string of the molecule is C=C(CCOc1ccccc1)C(=O)OC.C=CC(=O)O.CCOC(C)=O. The zero-order chi connectivity index (χ0) is 20.4. The lowest BCUT2D eigenvalue weighted by atomic mass is 10.2. The van der Waals surface area contributed by atoms with E-state index in [2.05, 4.69) is 22.6 Å². The summed E-state index contributed by atoms with van der Waals surface area (Å²) in [6.45, 7) is 10.6. The lowest BCUT2D eigenvalue weighted by molar-refractivity contribution is -0.140. The van der Waals surface area contributed by atoms with Gasteiger partial charge >= 0.3 is 17.9 Å². The number of rotatable bonds is 7. The van der Waals surface area contributed by atoms with Crippen molar-refractivity contribution in [3.63, 3.8) is 0 Å². The minimum absolute atomic E-state index is 0.211. The molecule has 0 aliphatic rings. The number of hydrogen-bond acceptors (Lipinski definition) is 6. The number of benzene rings is 1. The highest BCUT2D eigenvalue weighted by atomic mass is 16.5. The molecule has 0 bridgehead atoms. The molecule has 0 radical (unpaired) electrons. The number of carbonyl (C=O) groups is 3. The van der Waals surface area contributed by atoms with Gasteiger partial charge in [0.25, 0.3) is 0 Å². The Bertz CT molecular complexity index is 565. The number of carboxylic acid groups (broad SMARTS) is 1. The lowest BCUT2D eigenvalue weighted by Crippen LogP contribution is -2.07. The number of esters is 2. The van der Waals surface area contributed by atoms with Crippen LogP contribution in [0.25, 0.3) is 0 Å². The van der Waals surface area contributed by atoms with Crippen molar-refractivity contribution in [3.05, 3.63) is 55.1 Å². The van der Waals surface area contributed by atoms with Crippen molar-refractivity contribution in [2.75, 3.05) is 20.3 Å². The van der Waals surface area contributed by atoms with Crippen molar-refractivity contribution >= 4 is 17.9 Å². The van der Waals surface area contributed by atoms with Crippen molar-refractivity contribution in [2.24, 2.45) is 0 Å². The summed E-state index contributed by atoms with van der Waals surface area (Å²) >= 11 is 0. The summed E-state index contributed by atoms with van der Waals surface area (Å²) in [6.07, 6.45) is 1.31. The summed E-state index contributed by atoms with van der Waals surface area (Å²) in [5.74, 6) is -0.788. The molecule has 144 valence electrons. The molecule has 0 unspecified atom stereocenters. The molecule has 26 heavy (non-hydrogen) atoms. The largest absolute Gasteiger partial charge is 0.493 e. The molecule has 0 spiro atoms. The average Bonchev–Trinajstić information content (AvgIpc) is 2.62. The summed E-state index contributed by atoms with van der Waals surface area (Å²) < 4.78 is 14.3. The summed E-state index contributed by atoms with van der Waals surface area (Å²) in [7, 11) is 1.34. The molecule has 0 fully saturated rings. The van der Waals surface area contributed by atoms with Crippen LogP contribution in [0.1, 0.15) is 20.3 Å². The molecule has 7 heteroatoms. The quantitative estimate of drug-likeness (QED) is 0.585. The Labute approximate surface area is 153 Å². The predicted octanol–water partition coefficient (Wildman–Crippen LogP) is 3.01. The second kappa shape index (κ2) is 16.8. The summed E-state index contributed by atoms with van der Waals surface area (Å²) in [4.78, 5) is 30.0. The molecule has 0 saturated carbocycles. The highest BCUT2D eigenvalue weighted by molar-refractivity contribution is 5.87. The Morgan fingerprint density at radius 3 is 2.08 bits per heavy atom. The van der Waals surface area contributed by atoms with Gasteiger partial charge in [-0.2, -0.15) is 0 Å². The first-order valence-corrected chi connectivity index (χ1v) is 7.71. The topological polar surface area (TPSA) is 99.1 Å². The fourth-order valence-electron chi connectivity index (χ4n) is 1.26. The van der Waals surface area contributed by atoms with Gasteiger partial charge in [0, 0.05) is 25.0 Å². The van der Waals surface area contributed by atoms with Crippen LogP contribution in [0.4, 0.5) is 0 Å². The molecule has 0 aromatic heterocycles. The van der Waals surface area contributed by atoms with E-state index in [1.807, 2.05) is 30.3 Å². The predicted molar refractivity (Wildman–Crippen MR) is 97.8 cm³/mol. The first-order chi connectivity index (χ1) is 12.3. The van der Waals surface area contributed by atoms with E-state index < -0.39 is 5.97 Å². The van der Waals surface area contributed by atoms with Gasteiger partial charge in [-0.3, -0.25) is 4.79 Å². The number of methoxy groups -OCH3 is 1. The third kappa shape index (κ3) is 17.3. The van der Waals surface area contributed by atoms with Gasteiger partial charge in [0.1, 0.15) is 5.75 Å². The molecule has 0 heterocycles. The number of para-hydroxylation sites is 1. The second-order valence-electron chi connectivity index (χ2n) is 4.47. The van der Waals surface area contributed by atoms with Gasteiger partial charge in [-0.1, -0.05) is 31.4 Å². The Morgan fingerprint density at radius 2 is 1.73 bits per heavy atom. The van der Waals surface area contributed by atoms with Gasteiger partial charge in [-0.05, 0) is 19.1 Å². The van der Waals surface area contributed by atoms with Gasteiger partial charge < -0.3 is 19.3 Å². The van der Waals surface area contributed by atoms with Gasteiger partial charge in [-0.15, -0.1) is 0 Å². The zero-order valence-corrected chi connectivity index (χ0v) is 15.4. The van der Waals surface area contributed by atoms with Crippen molar-refractivity contribution in [2.45, 2.75) is 20.3 Å². The molecule has 0 aliphatic carbocycles. The fraction of sp³-hybridized carbons (Fsp3) is 0.316. The minimum Gasteiger partial charge on any atom is -0.493 e. The van der Waals surface area contributed by atoms with Crippen LogP contribution in [-0.4, -0.2) is 43.3 Å². The lowest BCUT2D eigenvalue weighted by Gasteiger charge is -2.06. The summed E-state index contributed by atoms with van der Waals surface area (Å²) in [6, 6.07) is 9.43. The maximum atomic E-state index is 11.0. The summed E-state index contributed by atoms with van der Waals surface area (Å²) in [5.41, 5.74) is 0.424. The molecule has 0 atom stereocenters. The molecule has 0 aliphatic heterocycles. The van der Waals surface area contributed by atoms with Crippen LogP contribution >= 0.6 is 0 Å². The number of carbonyl (C=O) groups excluding carboxylic acids is 2. The number of aliphatic carboxylic acids is 1. The highest BCUT2D eigenvalue weighted by Gasteiger charge is 2.05. The van der Waals surface area contributed by atoms with Crippen LogP contribution in [0, 0.1) is 0 Å². The molecular formula is C19H26O7. The van der Waals surface area contributed by atoms with E-state index in [0.29, 0.717) is 25.2 Å². The minimum atomic E-state index is -0.981. The fourth-order valence-corrected chi connectivity index (χ4v) is 1.26.